The summed E-state index contributed by atoms with van der Waals surface area (Å²) < 4.78 is 10.4. The van der Waals surface area contributed by atoms with Crippen LogP contribution in [0.15, 0.2) is 36.4 Å². The summed E-state index contributed by atoms with van der Waals surface area (Å²) in [5, 5.41) is 3.39. The van der Waals surface area contributed by atoms with Gasteiger partial charge in [0.1, 0.15) is 0 Å². The fourth-order valence-corrected chi connectivity index (χ4v) is 2.55. The van der Waals surface area contributed by atoms with E-state index < -0.39 is 0 Å². The number of rotatable bonds is 5. The predicted molar refractivity (Wildman–Crippen MR) is 107 cm³/mol. The molecule has 2 aromatic rings. The summed E-state index contributed by atoms with van der Waals surface area (Å²) >= 11 is 5.22. The number of aryl methyl sites for hydroxylation is 1. The average molecular weight is 373 g/mol. The third-order valence-electron chi connectivity index (χ3n) is 3.98. The molecule has 0 bridgehead atoms. The number of hydrazine groups is 1. The van der Waals surface area contributed by atoms with Crippen molar-refractivity contribution in [1.29, 1.82) is 0 Å². The van der Waals surface area contributed by atoms with Gasteiger partial charge in [0.25, 0.3) is 0 Å². The van der Waals surface area contributed by atoms with Gasteiger partial charge in [0.2, 0.25) is 5.91 Å². The molecular weight excluding hydrogens is 350 g/mol. The minimum absolute atomic E-state index is 0.180. The van der Waals surface area contributed by atoms with Crippen molar-refractivity contribution in [2.24, 2.45) is 0 Å². The van der Waals surface area contributed by atoms with Crippen molar-refractivity contribution in [3.63, 3.8) is 0 Å². The van der Waals surface area contributed by atoms with E-state index in [0.29, 0.717) is 16.6 Å². The first-order valence-corrected chi connectivity index (χ1v) is 8.48. The summed E-state index contributed by atoms with van der Waals surface area (Å²) in [5.41, 5.74) is 9.27. The number of ether oxygens (including phenoxy) is 2. The number of hydrogen-bond donors (Lipinski definition) is 3. The molecule has 6 nitrogen and oxygen atoms in total. The lowest BCUT2D eigenvalue weighted by Gasteiger charge is -2.14. The molecule has 0 radical (unpaired) electrons. The quantitative estimate of drug-likeness (QED) is 0.553. The van der Waals surface area contributed by atoms with E-state index in [0.717, 1.165) is 22.4 Å². The molecule has 2 rings (SSSR count). The molecule has 0 aromatic heterocycles. The van der Waals surface area contributed by atoms with E-state index in [1.165, 1.54) is 0 Å². The molecular formula is C19H23N3O3S. The second-order valence-electron chi connectivity index (χ2n) is 5.74. The molecule has 0 fully saturated rings. The van der Waals surface area contributed by atoms with Gasteiger partial charge in [0.15, 0.2) is 16.6 Å². The Morgan fingerprint density at radius 1 is 1.04 bits per heavy atom. The van der Waals surface area contributed by atoms with Crippen LogP contribution in [0.5, 0.6) is 11.5 Å². The Kier molecular flexibility index (Phi) is 6.80. The smallest absolute Gasteiger partial charge is 0.242 e. The van der Waals surface area contributed by atoms with Gasteiger partial charge in [0.05, 0.1) is 20.6 Å². The fourth-order valence-electron chi connectivity index (χ4n) is 2.39. The van der Waals surface area contributed by atoms with Gasteiger partial charge in [-0.1, -0.05) is 18.2 Å². The van der Waals surface area contributed by atoms with Crippen LogP contribution in [0.25, 0.3) is 0 Å². The summed E-state index contributed by atoms with van der Waals surface area (Å²) in [5.74, 6) is 0.980. The highest BCUT2D eigenvalue weighted by Gasteiger charge is 2.09. The van der Waals surface area contributed by atoms with Crippen molar-refractivity contribution >= 4 is 28.9 Å². The van der Waals surface area contributed by atoms with Crippen LogP contribution in [0.3, 0.4) is 0 Å². The molecule has 7 heteroatoms. The molecule has 138 valence electrons. The van der Waals surface area contributed by atoms with Crippen molar-refractivity contribution in [3.8, 4) is 11.5 Å². The first kappa shape index (κ1) is 19.5. The molecule has 0 aliphatic rings. The number of benzene rings is 2. The number of nitrogens with one attached hydrogen (secondary N) is 3. The third kappa shape index (κ3) is 5.10. The summed E-state index contributed by atoms with van der Waals surface area (Å²) in [6, 6.07) is 11.3. The van der Waals surface area contributed by atoms with Crippen LogP contribution in [0.1, 0.15) is 16.7 Å². The van der Waals surface area contributed by atoms with Crippen LogP contribution in [-0.4, -0.2) is 25.2 Å². The van der Waals surface area contributed by atoms with Crippen LogP contribution < -0.4 is 25.6 Å². The minimum Gasteiger partial charge on any atom is -0.493 e. The molecule has 2 aromatic carbocycles. The maximum Gasteiger partial charge on any atom is 0.242 e. The van der Waals surface area contributed by atoms with Gasteiger partial charge in [0, 0.05) is 5.69 Å². The van der Waals surface area contributed by atoms with Crippen molar-refractivity contribution < 1.29 is 14.3 Å². The van der Waals surface area contributed by atoms with Crippen LogP contribution in [0, 0.1) is 13.8 Å². The Labute approximate surface area is 158 Å². The van der Waals surface area contributed by atoms with Gasteiger partial charge in [-0.3, -0.25) is 15.6 Å². The number of amides is 1. The molecule has 0 saturated heterocycles. The zero-order valence-electron chi connectivity index (χ0n) is 15.3. The molecule has 0 unspecified atom stereocenters. The second-order valence-corrected chi connectivity index (χ2v) is 6.15. The number of carbonyl (C=O) groups is 1. The van der Waals surface area contributed by atoms with E-state index >= 15 is 0 Å². The molecule has 0 aliphatic carbocycles. The SMILES string of the molecule is COc1ccc(CC(=O)NNC(=S)Nc2cccc(C)c2C)cc1OC. The minimum atomic E-state index is -0.220. The number of thiocarbonyl (C=S) groups is 1. The zero-order chi connectivity index (χ0) is 19.1. The van der Waals surface area contributed by atoms with Crippen LogP contribution in [0.4, 0.5) is 5.69 Å². The van der Waals surface area contributed by atoms with Crippen LogP contribution in [0.2, 0.25) is 0 Å². The molecule has 3 N–H and O–H groups in total. The maximum atomic E-state index is 12.1. The van der Waals surface area contributed by atoms with E-state index in [1.54, 1.807) is 26.4 Å². The average Bonchev–Trinajstić information content (AvgIpc) is 2.63. The lowest BCUT2D eigenvalue weighted by Crippen LogP contribution is -2.44. The monoisotopic (exact) mass is 373 g/mol. The van der Waals surface area contributed by atoms with E-state index in [-0.39, 0.29) is 12.3 Å². The normalized spacial score (nSPS) is 10.0. The second kappa shape index (κ2) is 9.05. The summed E-state index contributed by atoms with van der Waals surface area (Å²) in [7, 11) is 3.12. The molecule has 1 amide bonds. The molecule has 0 heterocycles. The van der Waals surface area contributed by atoms with E-state index in [1.807, 2.05) is 38.1 Å². The van der Waals surface area contributed by atoms with E-state index in [9.17, 15) is 4.79 Å². The lowest BCUT2D eigenvalue weighted by molar-refractivity contribution is -0.120. The van der Waals surface area contributed by atoms with E-state index in [2.05, 4.69) is 16.2 Å². The first-order chi connectivity index (χ1) is 12.4. The Bertz CT molecular complexity index is 809. The molecule has 0 atom stereocenters. The summed E-state index contributed by atoms with van der Waals surface area (Å²) in [4.78, 5) is 12.1. The van der Waals surface area contributed by atoms with Gasteiger partial charge in [-0.2, -0.15) is 0 Å². The van der Waals surface area contributed by atoms with Gasteiger partial charge in [-0.15, -0.1) is 0 Å². The number of anilines is 1. The molecule has 0 saturated carbocycles. The third-order valence-corrected chi connectivity index (χ3v) is 4.19. The summed E-state index contributed by atoms with van der Waals surface area (Å²) in [6.07, 6.45) is 0.180. The summed E-state index contributed by atoms with van der Waals surface area (Å²) in [6.45, 7) is 4.04. The Balaban J connectivity index is 1.88. The Morgan fingerprint density at radius 2 is 1.77 bits per heavy atom. The highest BCUT2D eigenvalue weighted by Crippen LogP contribution is 2.27. The number of carbonyl (C=O) groups excluding carboxylic acids is 1. The standard InChI is InChI=1S/C19H23N3O3S/c1-12-6-5-7-15(13(12)2)20-19(26)22-21-18(23)11-14-8-9-16(24-3)17(10-14)25-4/h5-10H,11H2,1-4H3,(H,21,23)(H2,20,22,26). The van der Waals surface area contributed by atoms with Gasteiger partial charge in [-0.25, -0.2) is 0 Å². The number of methoxy groups -OCH3 is 2. The van der Waals surface area contributed by atoms with Crippen molar-refractivity contribution in [1.82, 2.24) is 10.9 Å². The van der Waals surface area contributed by atoms with Gasteiger partial charge in [-0.05, 0) is 61.0 Å². The fraction of sp³-hybridized carbons (Fsp3) is 0.263. The topological polar surface area (TPSA) is 71.6 Å². The molecule has 0 spiro atoms. The van der Waals surface area contributed by atoms with E-state index in [4.69, 9.17) is 21.7 Å². The Morgan fingerprint density at radius 3 is 2.46 bits per heavy atom. The molecule has 0 aliphatic heterocycles. The first-order valence-electron chi connectivity index (χ1n) is 8.07. The van der Waals surface area contributed by atoms with Crippen LogP contribution >= 0.6 is 12.2 Å². The lowest BCUT2D eigenvalue weighted by atomic mass is 10.1. The predicted octanol–water partition coefficient (Wildman–Crippen LogP) is 2.88. The van der Waals surface area contributed by atoms with Crippen LogP contribution in [-0.2, 0) is 11.2 Å². The van der Waals surface area contributed by atoms with Crippen molar-refractivity contribution in [3.05, 3.63) is 53.1 Å². The largest absolute Gasteiger partial charge is 0.493 e. The molecule has 26 heavy (non-hydrogen) atoms. The Hall–Kier alpha value is -2.80. The van der Waals surface area contributed by atoms with Crippen molar-refractivity contribution in [2.75, 3.05) is 19.5 Å². The highest BCUT2D eigenvalue weighted by molar-refractivity contribution is 7.80. The zero-order valence-corrected chi connectivity index (χ0v) is 16.1. The van der Waals surface area contributed by atoms with Gasteiger partial charge < -0.3 is 14.8 Å². The van der Waals surface area contributed by atoms with Crippen molar-refractivity contribution in [2.45, 2.75) is 20.3 Å². The highest BCUT2D eigenvalue weighted by atomic mass is 32.1. The number of hydrogen-bond acceptors (Lipinski definition) is 4. The van der Waals surface area contributed by atoms with Gasteiger partial charge >= 0.3 is 0 Å². The maximum absolute atomic E-state index is 12.1.